The number of benzene rings is 3. The van der Waals surface area contributed by atoms with E-state index in [1.54, 1.807) is 47.0 Å². The lowest BCUT2D eigenvalue weighted by Crippen LogP contribution is -2.25. The highest BCUT2D eigenvalue weighted by molar-refractivity contribution is 6.35. The first-order chi connectivity index (χ1) is 16.0. The predicted molar refractivity (Wildman–Crippen MR) is 125 cm³/mol. The fourth-order valence-corrected chi connectivity index (χ4v) is 3.59. The molecule has 1 amide bonds. The molecule has 0 saturated carbocycles. The van der Waals surface area contributed by atoms with E-state index < -0.39 is 6.09 Å². The molecule has 0 unspecified atom stereocenters. The van der Waals surface area contributed by atoms with Gasteiger partial charge in [-0.3, -0.25) is 9.36 Å². The molecule has 4 aromatic rings. The second kappa shape index (κ2) is 10.3. The minimum Gasteiger partial charge on any atom is -0.445 e. The van der Waals surface area contributed by atoms with Crippen LogP contribution in [0.1, 0.15) is 27.3 Å². The zero-order chi connectivity index (χ0) is 23.2. The molecule has 33 heavy (non-hydrogen) atoms. The first-order valence-corrected chi connectivity index (χ1v) is 10.7. The zero-order valence-electron chi connectivity index (χ0n) is 17.2. The summed E-state index contributed by atoms with van der Waals surface area (Å²) in [4.78, 5) is 25.4. The van der Waals surface area contributed by atoms with E-state index in [4.69, 9.17) is 27.9 Å². The summed E-state index contributed by atoms with van der Waals surface area (Å²) in [5.74, 6) is 0.107. The quantitative estimate of drug-likeness (QED) is 0.366. The van der Waals surface area contributed by atoms with Crippen LogP contribution in [-0.2, 0) is 17.9 Å². The maximum Gasteiger partial charge on any atom is 0.407 e. The summed E-state index contributed by atoms with van der Waals surface area (Å²) >= 11 is 12.4. The summed E-state index contributed by atoms with van der Waals surface area (Å²) in [5, 5.41) is 11.4. The van der Waals surface area contributed by atoms with Crippen molar-refractivity contribution in [3.8, 4) is 5.69 Å². The van der Waals surface area contributed by atoms with Gasteiger partial charge in [-0.05, 0) is 35.9 Å². The molecule has 0 bridgehead atoms. The van der Waals surface area contributed by atoms with Gasteiger partial charge in [0.25, 0.3) is 0 Å². The molecule has 0 aliphatic carbocycles. The van der Waals surface area contributed by atoms with E-state index in [0.29, 0.717) is 32.7 Å². The SMILES string of the molecule is O=C(NCc1nncn1-c1ccc(Cl)cc1C(=O)c1ccccc1Cl)OCc1ccccc1. The van der Waals surface area contributed by atoms with Crippen LogP contribution in [0, 0.1) is 0 Å². The molecule has 0 aliphatic heterocycles. The van der Waals surface area contributed by atoms with Gasteiger partial charge >= 0.3 is 6.09 Å². The molecule has 0 fully saturated rings. The number of hydrogen-bond acceptors (Lipinski definition) is 5. The minimum atomic E-state index is -0.600. The molecule has 1 heterocycles. The van der Waals surface area contributed by atoms with Crippen LogP contribution in [0.4, 0.5) is 4.79 Å². The van der Waals surface area contributed by atoms with Crippen molar-refractivity contribution in [3.63, 3.8) is 0 Å². The van der Waals surface area contributed by atoms with Crippen molar-refractivity contribution in [2.75, 3.05) is 0 Å². The third-order valence-electron chi connectivity index (χ3n) is 4.80. The lowest BCUT2D eigenvalue weighted by Gasteiger charge is -2.13. The van der Waals surface area contributed by atoms with Crippen molar-refractivity contribution >= 4 is 35.1 Å². The van der Waals surface area contributed by atoms with Crippen molar-refractivity contribution in [1.29, 1.82) is 0 Å². The molecule has 1 N–H and O–H groups in total. The molecular formula is C24H18Cl2N4O3. The van der Waals surface area contributed by atoms with Crippen molar-refractivity contribution in [2.45, 2.75) is 13.2 Å². The van der Waals surface area contributed by atoms with Gasteiger partial charge in [-0.15, -0.1) is 10.2 Å². The Morgan fingerprint density at radius 3 is 2.48 bits per heavy atom. The Labute approximate surface area is 199 Å². The van der Waals surface area contributed by atoms with E-state index in [1.165, 1.54) is 6.33 Å². The Hall–Kier alpha value is -3.68. The second-order valence-corrected chi connectivity index (χ2v) is 7.85. The number of rotatable bonds is 7. The average Bonchev–Trinajstić information content (AvgIpc) is 3.30. The summed E-state index contributed by atoms with van der Waals surface area (Å²) in [6.07, 6.45) is 0.857. The number of ketones is 1. The van der Waals surface area contributed by atoms with Gasteiger partial charge in [-0.2, -0.15) is 0 Å². The Balaban J connectivity index is 1.53. The van der Waals surface area contributed by atoms with Crippen molar-refractivity contribution in [1.82, 2.24) is 20.1 Å². The Bertz CT molecular complexity index is 1290. The van der Waals surface area contributed by atoms with E-state index >= 15 is 0 Å². The topological polar surface area (TPSA) is 86.1 Å². The zero-order valence-corrected chi connectivity index (χ0v) is 18.8. The van der Waals surface area contributed by atoms with E-state index in [0.717, 1.165) is 5.56 Å². The van der Waals surface area contributed by atoms with Gasteiger partial charge in [0, 0.05) is 16.1 Å². The molecule has 166 valence electrons. The smallest absolute Gasteiger partial charge is 0.407 e. The van der Waals surface area contributed by atoms with Crippen molar-refractivity contribution in [3.05, 3.63) is 112 Å². The van der Waals surface area contributed by atoms with E-state index in [9.17, 15) is 9.59 Å². The van der Waals surface area contributed by atoms with Crippen LogP contribution in [0.5, 0.6) is 0 Å². The minimum absolute atomic E-state index is 0.0377. The van der Waals surface area contributed by atoms with Gasteiger partial charge in [-0.1, -0.05) is 65.7 Å². The number of alkyl carbamates (subject to hydrolysis) is 1. The average molecular weight is 481 g/mol. The molecule has 3 aromatic carbocycles. The summed E-state index contributed by atoms with van der Waals surface area (Å²) in [7, 11) is 0. The van der Waals surface area contributed by atoms with Gasteiger partial charge in [0.1, 0.15) is 12.9 Å². The van der Waals surface area contributed by atoms with Gasteiger partial charge in [-0.25, -0.2) is 4.79 Å². The number of nitrogens with one attached hydrogen (secondary N) is 1. The van der Waals surface area contributed by atoms with Crippen LogP contribution >= 0.6 is 23.2 Å². The molecule has 9 heteroatoms. The Morgan fingerprint density at radius 1 is 0.939 bits per heavy atom. The van der Waals surface area contributed by atoms with Gasteiger partial charge in [0.05, 0.1) is 17.3 Å². The van der Waals surface area contributed by atoms with Crippen LogP contribution in [-0.4, -0.2) is 26.6 Å². The summed E-state index contributed by atoms with van der Waals surface area (Å²) < 4.78 is 6.84. The first kappa shape index (κ1) is 22.5. The molecule has 4 rings (SSSR count). The molecule has 0 radical (unpaired) electrons. The summed E-state index contributed by atoms with van der Waals surface area (Å²) in [6.45, 7) is 0.184. The third kappa shape index (κ3) is 5.39. The van der Waals surface area contributed by atoms with Crippen LogP contribution < -0.4 is 5.32 Å². The molecule has 0 saturated heterocycles. The van der Waals surface area contributed by atoms with Crippen molar-refractivity contribution < 1.29 is 14.3 Å². The normalized spacial score (nSPS) is 10.6. The number of carbonyl (C=O) groups excluding carboxylic acids is 2. The molecule has 1 aromatic heterocycles. The van der Waals surface area contributed by atoms with Crippen LogP contribution in [0.2, 0.25) is 10.0 Å². The molecule has 0 spiro atoms. The van der Waals surface area contributed by atoms with Gasteiger partial charge in [0.15, 0.2) is 11.6 Å². The first-order valence-electron chi connectivity index (χ1n) is 9.95. The lowest BCUT2D eigenvalue weighted by atomic mass is 10.0. The maximum absolute atomic E-state index is 13.2. The third-order valence-corrected chi connectivity index (χ3v) is 5.37. The molecular weight excluding hydrogens is 463 g/mol. The van der Waals surface area contributed by atoms with E-state index in [2.05, 4.69) is 15.5 Å². The lowest BCUT2D eigenvalue weighted by molar-refractivity contribution is 0.103. The number of ether oxygens (including phenoxy) is 1. The number of hydrogen-bond donors (Lipinski definition) is 1. The summed E-state index contributed by atoms with van der Waals surface area (Å²) in [6, 6.07) is 21.0. The van der Waals surface area contributed by atoms with Crippen LogP contribution in [0.15, 0.2) is 79.1 Å². The fourth-order valence-electron chi connectivity index (χ4n) is 3.20. The Morgan fingerprint density at radius 2 is 1.70 bits per heavy atom. The standard InChI is InChI=1S/C24H18Cl2N4O3/c25-17-10-11-21(19(12-17)23(31)18-8-4-5-9-20(18)26)30-15-28-29-22(30)13-27-24(32)33-14-16-6-2-1-3-7-16/h1-12,15H,13-14H2,(H,27,32). The van der Waals surface area contributed by atoms with E-state index in [1.807, 2.05) is 30.3 Å². The number of amides is 1. The predicted octanol–water partition coefficient (Wildman–Crippen LogP) is 5.23. The largest absolute Gasteiger partial charge is 0.445 e. The van der Waals surface area contributed by atoms with E-state index in [-0.39, 0.29) is 18.9 Å². The van der Waals surface area contributed by atoms with Gasteiger partial charge in [0.2, 0.25) is 0 Å². The molecule has 7 nitrogen and oxygen atoms in total. The highest BCUT2D eigenvalue weighted by atomic mass is 35.5. The highest BCUT2D eigenvalue weighted by Gasteiger charge is 2.20. The van der Waals surface area contributed by atoms with Crippen LogP contribution in [0.25, 0.3) is 5.69 Å². The number of halogens is 2. The number of carbonyl (C=O) groups is 2. The van der Waals surface area contributed by atoms with Crippen LogP contribution in [0.3, 0.4) is 0 Å². The summed E-state index contributed by atoms with van der Waals surface area (Å²) in [5.41, 5.74) is 2.05. The number of nitrogens with zero attached hydrogens (tertiary/aromatic N) is 3. The molecule has 0 atom stereocenters. The second-order valence-electron chi connectivity index (χ2n) is 7.00. The fraction of sp³-hybridized carbons (Fsp3) is 0.0833. The maximum atomic E-state index is 13.2. The highest BCUT2D eigenvalue weighted by Crippen LogP contribution is 2.26. The van der Waals surface area contributed by atoms with Crippen molar-refractivity contribution in [2.24, 2.45) is 0 Å². The monoisotopic (exact) mass is 480 g/mol. The Kier molecular flexibility index (Phi) is 7.02. The number of aromatic nitrogens is 3. The van der Waals surface area contributed by atoms with Gasteiger partial charge < -0.3 is 10.1 Å². The molecule has 0 aliphatic rings.